The molecule has 2 aromatic heterocycles. The van der Waals surface area contributed by atoms with E-state index in [4.69, 9.17) is 4.42 Å². The second-order valence-corrected chi connectivity index (χ2v) is 5.43. The van der Waals surface area contributed by atoms with Gasteiger partial charge in [0.25, 0.3) is 5.91 Å². The van der Waals surface area contributed by atoms with Crippen LogP contribution in [0.3, 0.4) is 0 Å². The number of amides is 1. The van der Waals surface area contributed by atoms with Crippen LogP contribution in [0.15, 0.2) is 53.1 Å². The molecule has 0 saturated carbocycles. The Bertz CT molecular complexity index is 848. The summed E-state index contributed by atoms with van der Waals surface area (Å²) in [5.74, 6) is 1.15. The van der Waals surface area contributed by atoms with Crippen molar-refractivity contribution in [2.45, 2.75) is 20.0 Å². The number of nitrogens with zero attached hydrogens (tertiary/aromatic N) is 2. The lowest BCUT2D eigenvalue weighted by Gasteiger charge is -2.08. The first-order chi connectivity index (χ1) is 12.1. The van der Waals surface area contributed by atoms with E-state index in [1.54, 1.807) is 37.5 Å². The molecule has 128 valence electrons. The Labute approximate surface area is 144 Å². The quantitative estimate of drug-likeness (QED) is 0.721. The van der Waals surface area contributed by atoms with E-state index in [2.05, 4.69) is 20.6 Å². The van der Waals surface area contributed by atoms with Gasteiger partial charge in [-0.3, -0.25) is 4.79 Å². The zero-order valence-electron chi connectivity index (χ0n) is 13.6. The molecule has 0 atom stereocenters. The van der Waals surface area contributed by atoms with Crippen molar-refractivity contribution in [3.8, 4) is 0 Å². The lowest BCUT2D eigenvalue weighted by atomic mass is 10.2. The van der Waals surface area contributed by atoms with Crippen LogP contribution in [0.1, 0.15) is 27.6 Å². The number of hydrogen-bond donors (Lipinski definition) is 2. The Balaban J connectivity index is 1.64. The van der Waals surface area contributed by atoms with Crippen LogP contribution in [0.25, 0.3) is 0 Å². The number of carbonyl (C=O) groups excluding carboxylic acids is 1. The number of furan rings is 1. The Kier molecular flexibility index (Phi) is 5.03. The topological polar surface area (TPSA) is 80.0 Å². The molecule has 25 heavy (non-hydrogen) atoms. The zero-order chi connectivity index (χ0) is 17.6. The van der Waals surface area contributed by atoms with E-state index < -0.39 is 0 Å². The molecule has 0 fully saturated rings. The second-order valence-electron chi connectivity index (χ2n) is 5.43. The molecule has 2 N–H and O–H groups in total. The third-order valence-electron chi connectivity index (χ3n) is 3.46. The minimum atomic E-state index is -0.323. The van der Waals surface area contributed by atoms with Crippen molar-refractivity contribution >= 4 is 11.7 Å². The first kappa shape index (κ1) is 16.6. The SMILES string of the molecule is Cc1nc(NCc2ccco2)cc(C(=O)NCc2ccc(F)cc2)n1. The van der Waals surface area contributed by atoms with E-state index in [0.717, 1.165) is 11.3 Å². The molecule has 3 aromatic rings. The first-order valence-corrected chi connectivity index (χ1v) is 7.75. The van der Waals surface area contributed by atoms with Gasteiger partial charge in [-0.25, -0.2) is 14.4 Å². The Morgan fingerprint density at radius 3 is 2.68 bits per heavy atom. The fourth-order valence-electron chi connectivity index (χ4n) is 2.24. The van der Waals surface area contributed by atoms with E-state index in [9.17, 15) is 9.18 Å². The zero-order valence-corrected chi connectivity index (χ0v) is 13.6. The number of benzene rings is 1. The summed E-state index contributed by atoms with van der Waals surface area (Å²) in [7, 11) is 0. The van der Waals surface area contributed by atoms with Gasteiger partial charge < -0.3 is 15.1 Å². The second kappa shape index (κ2) is 7.57. The molecule has 1 aromatic carbocycles. The fourth-order valence-corrected chi connectivity index (χ4v) is 2.24. The molecule has 0 aliphatic heterocycles. The fraction of sp³-hybridized carbons (Fsp3) is 0.167. The van der Waals surface area contributed by atoms with Gasteiger partial charge in [0.1, 0.15) is 28.9 Å². The number of hydrogen-bond acceptors (Lipinski definition) is 5. The van der Waals surface area contributed by atoms with Gasteiger partial charge in [0.05, 0.1) is 12.8 Å². The summed E-state index contributed by atoms with van der Waals surface area (Å²) in [5, 5.41) is 5.86. The molecule has 0 aliphatic rings. The van der Waals surface area contributed by atoms with Gasteiger partial charge in [0, 0.05) is 12.6 Å². The van der Waals surface area contributed by atoms with E-state index in [-0.39, 0.29) is 24.0 Å². The molecular weight excluding hydrogens is 323 g/mol. The van der Waals surface area contributed by atoms with Crippen molar-refractivity contribution in [2.75, 3.05) is 5.32 Å². The minimum Gasteiger partial charge on any atom is -0.467 e. The van der Waals surface area contributed by atoms with Gasteiger partial charge in [-0.1, -0.05) is 12.1 Å². The molecule has 0 aliphatic carbocycles. The van der Waals surface area contributed by atoms with E-state index in [1.165, 1.54) is 12.1 Å². The Morgan fingerprint density at radius 1 is 1.16 bits per heavy atom. The first-order valence-electron chi connectivity index (χ1n) is 7.75. The number of aryl methyl sites for hydroxylation is 1. The molecule has 2 heterocycles. The molecule has 6 nitrogen and oxygen atoms in total. The van der Waals surface area contributed by atoms with Gasteiger partial charge in [-0.15, -0.1) is 0 Å². The van der Waals surface area contributed by atoms with Crippen molar-refractivity contribution in [1.82, 2.24) is 15.3 Å². The molecule has 0 bridgehead atoms. The molecule has 3 rings (SSSR count). The number of carbonyl (C=O) groups is 1. The summed E-state index contributed by atoms with van der Waals surface area (Å²) < 4.78 is 18.1. The van der Waals surface area contributed by atoms with Crippen molar-refractivity contribution < 1.29 is 13.6 Å². The lowest BCUT2D eigenvalue weighted by Crippen LogP contribution is -2.24. The minimum absolute atomic E-state index is 0.261. The average molecular weight is 340 g/mol. The third kappa shape index (κ3) is 4.63. The third-order valence-corrected chi connectivity index (χ3v) is 3.46. The van der Waals surface area contributed by atoms with Crippen molar-refractivity contribution in [1.29, 1.82) is 0 Å². The number of halogens is 1. The van der Waals surface area contributed by atoms with Gasteiger partial charge in [0.15, 0.2) is 0 Å². The molecule has 0 unspecified atom stereocenters. The highest BCUT2D eigenvalue weighted by Crippen LogP contribution is 2.10. The van der Waals surface area contributed by atoms with Crippen LogP contribution in [-0.2, 0) is 13.1 Å². The standard InChI is InChI=1S/C18H17FN4O2/c1-12-22-16(9-17(23-12)20-11-15-3-2-8-25-15)18(24)21-10-13-4-6-14(19)7-5-13/h2-9H,10-11H2,1H3,(H,21,24)(H,20,22,23). The summed E-state index contributed by atoms with van der Waals surface area (Å²) in [6, 6.07) is 11.2. The monoisotopic (exact) mass is 340 g/mol. The highest BCUT2D eigenvalue weighted by molar-refractivity contribution is 5.92. The van der Waals surface area contributed by atoms with Crippen LogP contribution >= 0.6 is 0 Å². The predicted molar refractivity (Wildman–Crippen MR) is 90.4 cm³/mol. The Hall–Kier alpha value is -3.22. The molecular formula is C18H17FN4O2. The predicted octanol–water partition coefficient (Wildman–Crippen LogP) is 3.06. The normalized spacial score (nSPS) is 10.5. The van der Waals surface area contributed by atoms with Gasteiger partial charge in [-0.05, 0) is 36.8 Å². The number of anilines is 1. The van der Waals surface area contributed by atoms with Crippen LogP contribution in [0.4, 0.5) is 10.2 Å². The van der Waals surface area contributed by atoms with Crippen LogP contribution in [0.5, 0.6) is 0 Å². The Morgan fingerprint density at radius 2 is 1.96 bits per heavy atom. The van der Waals surface area contributed by atoms with Crippen LogP contribution in [-0.4, -0.2) is 15.9 Å². The van der Waals surface area contributed by atoms with E-state index >= 15 is 0 Å². The van der Waals surface area contributed by atoms with Crippen molar-refractivity contribution in [3.05, 3.63) is 77.4 Å². The average Bonchev–Trinajstić information content (AvgIpc) is 3.12. The van der Waals surface area contributed by atoms with Crippen LogP contribution in [0.2, 0.25) is 0 Å². The van der Waals surface area contributed by atoms with Crippen LogP contribution < -0.4 is 10.6 Å². The maximum atomic E-state index is 12.9. The molecule has 7 heteroatoms. The van der Waals surface area contributed by atoms with Gasteiger partial charge in [-0.2, -0.15) is 0 Å². The summed E-state index contributed by atoms with van der Waals surface area (Å²) >= 11 is 0. The maximum Gasteiger partial charge on any atom is 0.270 e. The van der Waals surface area contributed by atoms with Crippen molar-refractivity contribution in [2.24, 2.45) is 0 Å². The molecule has 0 radical (unpaired) electrons. The lowest BCUT2D eigenvalue weighted by molar-refractivity contribution is 0.0945. The molecule has 0 spiro atoms. The highest BCUT2D eigenvalue weighted by Gasteiger charge is 2.10. The van der Waals surface area contributed by atoms with Gasteiger partial charge >= 0.3 is 0 Å². The largest absolute Gasteiger partial charge is 0.467 e. The summed E-state index contributed by atoms with van der Waals surface area (Å²) in [6.07, 6.45) is 1.59. The highest BCUT2D eigenvalue weighted by atomic mass is 19.1. The number of nitrogens with one attached hydrogen (secondary N) is 2. The van der Waals surface area contributed by atoms with E-state index in [0.29, 0.717) is 18.2 Å². The summed E-state index contributed by atoms with van der Waals surface area (Å²) in [5.41, 5.74) is 1.06. The summed E-state index contributed by atoms with van der Waals surface area (Å²) in [4.78, 5) is 20.7. The molecule has 1 amide bonds. The van der Waals surface area contributed by atoms with E-state index in [1.807, 2.05) is 6.07 Å². The number of rotatable bonds is 6. The molecule has 0 saturated heterocycles. The van der Waals surface area contributed by atoms with Crippen molar-refractivity contribution in [3.63, 3.8) is 0 Å². The maximum absolute atomic E-state index is 12.9. The van der Waals surface area contributed by atoms with Gasteiger partial charge in [0.2, 0.25) is 0 Å². The summed E-state index contributed by atoms with van der Waals surface area (Å²) in [6.45, 7) is 2.46. The number of aromatic nitrogens is 2. The smallest absolute Gasteiger partial charge is 0.270 e. The van der Waals surface area contributed by atoms with Crippen LogP contribution in [0, 0.1) is 12.7 Å².